The summed E-state index contributed by atoms with van der Waals surface area (Å²) < 4.78 is 10.7. The standard InChI is InChI=1S/C23H20BrClN2O5/c1-31-22(29)13-5-3-12(4-6-13)21-20-16(15-9-14(24)7-8-17(15)26-20)10-18(23(30)32-2)27(21)19(28)11-25/h3-9,18,21,26H,10-11H2,1-2H3/t18-,21+/m1/s1. The zero-order valence-electron chi connectivity index (χ0n) is 17.4. The molecule has 0 aliphatic carbocycles. The highest BCUT2D eigenvalue weighted by atomic mass is 79.9. The fourth-order valence-electron chi connectivity index (χ4n) is 4.27. The number of hydrogen-bond donors (Lipinski definition) is 1. The monoisotopic (exact) mass is 518 g/mol. The number of rotatable bonds is 4. The predicted octanol–water partition coefficient (Wildman–Crippen LogP) is 3.97. The molecule has 166 valence electrons. The summed E-state index contributed by atoms with van der Waals surface area (Å²) >= 11 is 9.45. The van der Waals surface area contributed by atoms with Crippen molar-refractivity contribution in [1.82, 2.24) is 9.88 Å². The summed E-state index contributed by atoms with van der Waals surface area (Å²) in [5, 5.41) is 0.956. The molecule has 0 fully saturated rings. The number of hydrogen-bond acceptors (Lipinski definition) is 5. The van der Waals surface area contributed by atoms with Crippen LogP contribution in [0.3, 0.4) is 0 Å². The van der Waals surface area contributed by atoms with Gasteiger partial charge in [0, 0.05) is 27.5 Å². The predicted molar refractivity (Wildman–Crippen MR) is 123 cm³/mol. The van der Waals surface area contributed by atoms with E-state index in [0.717, 1.165) is 32.2 Å². The van der Waals surface area contributed by atoms with E-state index in [1.807, 2.05) is 18.2 Å². The quantitative estimate of drug-likeness (QED) is 0.416. The van der Waals surface area contributed by atoms with Gasteiger partial charge in [0.05, 0.1) is 25.8 Å². The van der Waals surface area contributed by atoms with Crippen molar-refractivity contribution in [2.24, 2.45) is 0 Å². The lowest BCUT2D eigenvalue weighted by Crippen LogP contribution is -2.52. The SMILES string of the molecule is COC(=O)c1ccc([C@H]2c3[nH]c4ccc(Br)cc4c3C[C@H](C(=O)OC)N2C(=O)CCl)cc1. The van der Waals surface area contributed by atoms with Crippen molar-refractivity contribution in [3.05, 3.63) is 69.3 Å². The number of fused-ring (bicyclic) bond motifs is 3. The summed E-state index contributed by atoms with van der Waals surface area (Å²) in [7, 11) is 2.61. The lowest BCUT2D eigenvalue weighted by molar-refractivity contribution is -0.154. The van der Waals surface area contributed by atoms with Crippen LogP contribution in [-0.4, -0.2) is 53.9 Å². The van der Waals surface area contributed by atoms with Gasteiger partial charge in [0.1, 0.15) is 11.9 Å². The van der Waals surface area contributed by atoms with Crippen molar-refractivity contribution >= 4 is 56.3 Å². The molecule has 0 spiro atoms. The molecule has 4 rings (SSSR count). The molecule has 1 amide bonds. The second-order valence-electron chi connectivity index (χ2n) is 7.40. The van der Waals surface area contributed by atoms with Gasteiger partial charge in [-0.25, -0.2) is 9.59 Å². The van der Waals surface area contributed by atoms with Gasteiger partial charge in [-0.2, -0.15) is 0 Å². The first kappa shape index (κ1) is 22.4. The van der Waals surface area contributed by atoms with E-state index in [0.29, 0.717) is 5.56 Å². The van der Waals surface area contributed by atoms with Crippen LogP contribution in [-0.2, 0) is 25.5 Å². The molecule has 7 nitrogen and oxygen atoms in total. The van der Waals surface area contributed by atoms with Crippen molar-refractivity contribution in [2.45, 2.75) is 18.5 Å². The smallest absolute Gasteiger partial charge is 0.337 e. The number of halogens is 2. The molecular weight excluding hydrogens is 500 g/mol. The van der Waals surface area contributed by atoms with Crippen molar-refractivity contribution in [1.29, 1.82) is 0 Å². The Morgan fingerprint density at radius 1 is 1.12 bits per heavy atom. The van der Waals surface area contributed by atoms with Gasteiger partial charge in [0.2, 0.25) is 5.91 Å². The zero-order valence-corrected chi connectivity index (χ0v) is 19.7. The molecule has 1 aromatic heterocycles. The number of nitrogens with zero attached hydrogens (tertiary/aromatic N) is 1. The Morgan fingerprint density at radius 2 is 1.84 bits per heavy atom. The van der Waals surface area contributed by atoms with Crippen molar-refractivity contribution in [2.75, 3.05) is 20.1 Å². The number of carbonyl (C=O) groups is 3. The van der Waals surface area contributed by atoms with Crippen LogP contribution < -0.4 is 0 Å². The van der Waals surface area contributed by atoms with Crippen molar-refractivity contribution < 1.29 is 23.9 Å². The van der Waals surface area contributed by atoms with Crippen LogP contribution >= 0.6 is 27.5 Å². The Balaban J connectivity index is 1.94. The maximum Gasteiger partial charge on any atom is 0.337 e. The molecule has 3 aromatic rings. The van der Waals surface area contributed by atoms with E-state index >= 15 is 0 Å². The minimum Gasteiger partial charge on any atom is -0.467 e. The number of benzene rings is 2. The van der Waals surface area contributed by atoms with Crippen molar-refractivity contribution in [3.63, 3.8) is 0 Å². The Bertz CT molecular complexity index is 1210. The van der Waals surface area contributed by atoms with E-state index in [2.05, 4.69) is 20.9 Å². The first-order valence-electron chi connectivity index (χ1n) is 9.82. The number of H-pyrrole nitrogens is 1. The molecule has 0 unspecified atom stereocenters. The molecule has 0 saturated carbocycles. The van der Waals surface area contributed by atoms with Crippen molar-refractivity contribution in [3.8, 4) is 0 Å². The van der Waals surface area contributed by atoms with Gasteiger partial charge >= 0.3 is 11.9 Å². The van der Waals surface area contributed by atoms with Crippen LogP contribution in [0.1, 0.15) is 33.2 Å². The number of ether oxygens (including phenoxy) is 2. The Labute approximate surface area is 197 Å². The van der Waals surface area contributed by atoms with Gasteiger partial charge in [-0.3, -0.25) is 4.79 Å². The van der Waals surface area contributed by atoms with Gasteiger partial charge in [0.25, 0.3) is 0 Å². The third-order valence-electron chi connectivity index (χ3n) is 5.71. The van der Waals surface area contributed by atoms with Crippen LogP contribution in [0.5, 0.6) is 0 Å². The second kappa shape index (κ2) is 8.96. The molecule has 9 heteroatoms. The fraction of sp³-hybridized carbons (Fsp3) is 0.261. The highest BCUT2D eigenvalue weighted by Crippen LogP contribution is 2.42. The van der Waals surface area contributed by atoms with E-state index in [1.54, 1.807) is 24.3 Å². The summed E-state index contributed by atoms with van der Waals surface area (Å²) in [6, 6.07) is 11.1. The average molecular weight is 520 g/mol. The average Bonchev–Trinajstić information content (AvgIpc) is 3.18. The number of alkyl halides is 1. The van der Waals surface area contributed by atoms with E-state index in [1.165, 1.54) is 19.1 Å². The van der Waals surface area contributed by atoms with Crippen LogP contribution in [0.15, 0.2) is 46.9 Å². The summed E-state index contributed by atoms with van der Waals surface area (Å²) in [5.41, 5.74) is 3.71. The number of aromatic amines is 1. The Hall–Kier alpha value is -2.84. The lowest BCUT2D eigenvalue weighted by Gasteiger charge is -2.40. The summed E-state index contributed by atoms with van der Waals surface area (Å²) in [4.78, 5) is 42.5. The molecule has 0 bridgehead atoms. The summed E-state index contributed by atoms with van der Waals surface area (Å²) in [5.74, 6) is -1.66. The maximum absolute atomic E-state index is 13.0. The number of esters is 2. The fourth-order valence-corrected chi connectivity index (χ4v) is 4.77. The molecule has 32 heavy (non-hydrogen) atoms. The van der Waals surface area contributed by atoms with Gasteiger partial charge in [0.15, 0.2) is 0 Å². The third-order valence-corrected chi connectivity index (χ3v) is 6.43. The highest BCUT2D eigenvalue weighted by molar-refractivity contribution is 9.10. The first-order chi connectivity index (χ1) is 15.4. The van der Waals surface area contributed by atoms with Crippen LogP contribution in [0.2, 0.25) is 0 Å². The third kappa shape index (κ3) is 3.78. The maximum atomic E-state index is 13.0. The lowest BCUT2D eigenvalue weighted by atomic mass is 9.87. The van der Waals surface area contributed by atoms with Gasteiger partial charge < -0.3 is 19.4 Å². The minimum atomic E-state index is -0.845. The number of nitrogens with one attached hydrogen (secondary N) is 1. The van der Waals surface area contributed by atoms with E-state index in [4.69, 9.17) is 21.1 Å². The van der Waals surface area contributed by atoms with Gasteiger partial charge in [-0.15, -0.1) is 11.6 Å². The number of amides is 1. The van der Waals surface area contributed by atoms with E-state index < -0.39 is 29.9 Å². The molecule has 1 aliphatic heterocycles. The first-order valence-corrected chi connectivity index (χ1v) is 11.2. The molecule has 2 atom stereocenters. The number of carbonyl (C=O) groups excluding carboxylic acids is 3. The van der Waals surface area contributed by atoms with Crippen LogP contribution in [0, 0.1) is 0 Å². The molecule has 1 aliphatic rings. The topological polar surface area (TPSA) is 88.7 Å². The molecule has 2 heterocycles. The Kier molecular flexibility index (Phi) is 6.26. The number of aromatic nitrogens is 1. The molecule has 0 saturated heterocycles. The molecular formula is C23H20BrClN2O5. The second-order valence-corrected chi connectivity index (χ2v) is 8.58. The van der Waals surface area contributed by atoms with Crippen LogP contribution in [0.4, 0.5) is 0 Å². The summed E-state index contributed by atoms with van der Waals surface area (Å²) in [6.45, 7) is 0. The number of methoxy groups -OCH3 is 2. The minimum absolute atomic E-state index is 0.286. The summed E-state index contributed by atoms with van der Waals surface area (Å²) in [6.07, 6.45) is 0.290. The molecule has 2 aromatic carbocycles. The van der Waals surface area contributed by atoms with Gasteiger partial charge in [-0.05, 0) is 41.5 Å². The van der Waals surface area contributed by atoms with Crippen LogP contribution in [0.25, 0.3) is 10.9 Å². The zero-order chi connectivity index (χ0) is 23.0. The largest absolute Gasteiger partial charge is 0.467 e. The normalized spacial score (nSPS) is 17.7. The van der Waals surface area contributed by atoms with Gasteiger partial charge in [-0.1, -0.05) is 28.1 Å². The Morgan fingerprint density at radius 3 is 2.47 bits per heavy atom. The molecule has 1 N–H and O–H groups in total. The highest BCUT2D eigenvalue weighted by Gasteiger charge is 2.43. The van der Waals surface area contributed by atoms with E-state index in [-0.39, 0.29) is 12.3 Å². The van der Waals surface area contributed by atoms with E-state index in [9.17, 15) is 14.4 Å². The molecule has 0 radical (unpaired) electrons.